The molecule has 38 heavy (non-hydrogen) atoms. The van der Waals surface area contributed by atoms with Gasteiger partial charge in [0.25, 0.3) is 0 Å². The molecule has 2 nitrogen and oxygen atoms in total. The quantitative estimate of drug-likeness (QED) is 0.185. The van der Waals surface area contributed by atoms with Gasteiger partial charge in [0.1, 0.15) is 0 Å². The SMILES string of the molecule is CCC[Si](CCC)c1cccc2c1-c1nc(-c3cccc(-c4ccccn4)c3)ccc1C2(CCC)CCC. The lowest BCUT2D eigenvalue weighted by Crippen LogP contribution is -2.32. The molecule has 5 rings (SSSR count). The van der Waals surface area contributed by atoms with Gasteiger partial charge in [0.2, 0.25) is 0 Å². The van der Waals surface area contributed by atoms with E-state index in [4.69, 9.17) is 4.98 Å². The van der Waals surface area contributed by atoms with Crippen LogP contribution in [-0.4, -0.2) is 18.8 Å². The average Bonchev–Trinajstić information content (AvgIpc) is 3.23. The molecule has 2 heterocycles. The Bertz CT molecular complexity index is 1370. The second-order valence-corrected chi connectivity index (χ2v) is 13.5. The summed E-state index contributed by atoms with van der Waals surface area (Å²) in [4.78, 5) is 10.1. The summed E-state index contributed by atoms with van der Waals surface area (Å²) in [6, 6.07) is 29.4. The average molecular weight is 518 g/mol. The Morgan fingerprint density at radius 3 is 2.03 bits per heavy atom. The molecule has 0 saturated carbocycles. The molecule has 3 heteroatoms. The lowest BCUT2D eigenvalue weighted by atomic mass is 9.72. The summed E-state index contributed by atoms with van der Waals surface area (Å²) in [6.45, 7) is 9.38. The van der Waals surface area contributed by atoms with E-state index in [1.54, 1.807) is 10.8 Å². The standard InChI is InChI=1S/C35H41N2Si/c1-5-20-35(21-6-2)28-15-12-17-32(38(23-7-3)24-8-4)33(28)34-29(35)18-19-31(37-34)27-14-11-13-26(25-27)30-16-9-10-22-36-30/h9-19,22,25H,5-8,20-21,23-24H2,1-4H3. The van der Waals surface area contributed by atoms with E-state index in [0.29, 0.717) is 0 Å². The number of nitrogens with zero attached hydrogens (tertiary/aromatic N) is 2. The highest BCUT2D eigenvalue weighted by Crippen LogP contribution is 2.53. The van der Waals surface area contributed by atoms with Crippen molar-refractivity contribution in [1.82, 2.24) is 9.97 Å². The van der Waals surface area contributed by atoms with Crippen LogP contribution in [0.4, 0.5) is 0 Å². The van der Waals surface area contributed by atoms with Crippen LogP contribution < -0.4 is 5.19 Å². The minimum absolute atomic E-state index is 0.0803. The molecule has 0 N–H and O–H groups in total. The molecule has 0 saturated heterocycles. The molecule has 0 aliphatic heterocycles. The molecule has 0 atom stereocenters. The molecule has 0 fully saturated rings. The second-order valence-electron chi connectivity index (χ2n) is 10.8. The predicted octanol–water partition coefficient (Wildman–Crippen LogP) is 9.20. The van der Waals surface area contributed by atoms with Crippen LogP contribution in [-0.2, 0) is 5.41 Å². The fourth-order valence-electron chi connectivity index (χ4n) is 6.73. The van der Waals surface area contributed by atoms with Crippen LogP contribution in [0.15, 0.2) is 79.0 Å². The first kappa shape index (κ1) is 26.6. The van der Waals surface area contributed by atoms with Crippen LogP contribution in [0.5, 0.6) is 0 Å². The first-order chi connectivity index (χ1) is 18.7. The second kappa shape index (κ2) is 11.8. The van der Waals surface area contributed by atoms with Crippen molar-refractivity contribution in [2.45, 2.75) is 83.7 Å². The lowest BCUT2D eigenvalue weighted by molar-refractivity contribution is 0.435. The van der Waals surface area contributed by atoms with Crippen molar-refractivity contribution in [3.05, 3.63) is 90.1 Å². The van der Waals surface area contributed by atoms with Crippen molar-refractivity contribution in [2.24, 2.45) is 0 Å². The van der Waals surface area contributed by atoms with Gasteiger partial charge < -0.3 is 0 Å². The number of pyridine rings is 2. The van der Waals surface area contributed by atoms with Crippen molar-refractivity contribution in [3.8, 4) is 33.8 Å². The minimum atomic E-state index is -0.636. The molecule has 0 unspecified atom stereocenters. The van der Waals surface area contributed by atoms with Gasteiger partial charge >= 0.3 is 0 Å². The molecular weight excluding hydrogens is 476 g/mol. The van der Waals surface area contributed by atoms with Gasteiger partial charge in [-0.3, -0.25) is 4.98 Å². The van der Waals surface area contributed by atoms with E-state index in [-0.39, 0.29) is 5.41 Å². The Hall–Kier alpha value is -3.04. The fourth-order valence-corrected chi connectivity index (χ4v) is 9.66. The van der Waals surface area contributed by atoms with Crippen LogP contribution in [0, 0.1) is 0 Å². The zero-order valence-corrected chi connectivity index (χ0v) is 24.6. The maximum atomic E-state index is 5.52. The summed E-state index contributed by atoms with van der Waals surface area (Å²) in [5.41, 5.74) is 10.2. The monoisotopic (exact) mass is 517 g/mol. The van der Waals surface area contributed by atoms with E-state index >= 15 is 0 Å². The van der Waals surface area contributed by atoms with E-state index in [1.807, 2.05) is 18.3 Å². The van der Waals surface area contributed by atoms with Crippen molar-refractivity contribution in [2.75, 3.05) is 0 Å². The minimum Gasteiger partial charge on any atom is -0.256 e. The highest BCUT2D eigenvalue weighted by molar-refractivity contribution is 6.74. The van der Waals surface area contributed by atoms with Gasteiger partial charge in [0.05, 0.1) is 25.9 Å². The molecular formula is C35H41N2Si. The highest BCUT2D eigenvalue weighted by Gasteiger charge is 2.44. The third kappa shape index (κ3) is 4.77. The molecule has 0 amide bonds. The van der Waals surface area contributed by atoms with Crippen molar-refractivity contribution >= 4 is 14.0 Å². The Balaban J connectivity index is 1.71. The first-order valence-electron chi connectivity index (χ1n) is 14.7. The van der Waals surface area contributed by atoms with E-state index < -0.39 is 8.80 Å². The number of aromatic nitrogens is 2. The Morgan fingerprint density at radius 2 is 1.37 bits per heavy atom. The van der Waals surface area contributed by atoms with E-state index in [1.165, 1.54) is 67.4 Å². The Labute approximate surface area is 231 Å². The highest BCUT2D eigenvalue weighted by atomic mass is 28.3. The molecule has 1 radical (unpaired) electrons. The van der Waals surface area contributed by atoms with Crippen LogP contribution >= 0.6 is 0 Å². The van der Waals surface area contributed by atoms with Gasteiger partial charge in [-0.05, 0) is 48.2 Å². The molecule has 1 aliphatic carbocycles. The number of benzene rings is 2. The Morgan fingerprint density at radius 1 is 0.658 bits per heavy atom. The fraction of sp³-hybridized carbons (Fsp3) is 0.371. The van der Waals surface area contributed by atoms with Gasteiger partial charge in [0.15, 0.2) is 0 Å². The van der Waals surface area contributed by atoms with Gasteiger partial charge in [-0.15, -0.1) is 0 Å². The summed E-state index contributed by atoms with van der Waals surface area (Å²) in [6.07, 6.45) is 9.11. The maximum absolute atomic E-state index is 5.52. The smallest absolute Gasteiger partial charge is 0.0865 e. The van der Waals surface area contributed by atoms with Crippen LogP contribution in [0.1, 0.15) is 77.3 Å². The molecule has 0 bridgehead atoms. The largest absolute Gasteiger partial charge is 0.256 e. The molecule has 4 aromatic rings. The zero-order chi connectivity index (χ0) is 26.5. The van der Waals surface area contributed by atoms with E-state index in [2.05, 4.69) is 93.3 Å². The summed E-state index contributed by atoms with van der Waals surface area (Å²) in [5, 5.41) is 1.62. The van der Waals surface area contributed by atoms with Gasteiger partial charge in [0, 0.05) is 28.3 Å². The molecule has 195 valence electrons. The summed E-state index contributed by atoms with van der Waals surface area (Å²) in [7, 11) is -0.636. The number of hydrogen-bond acceptors (Lipinski definition) is 2. The summed E-state index contributed by atoms with van der Waals surface area (Å²) >= 11 is 0. The number of hydrogen-bond donors (Lipinski definition) is 0. The first-order valence-corrected chi connectivity index (χ1v) is 16.6. The molecule has 0 spiro atoms. The normalized spacial score (nSPS) is 13.5. The van der Waals surface area contributed by atoms with Crippen molar-refractivity contribution in [1.29, 1.82) is 0 Å². The zero-order valence-electron chi connectivity index (χ0n) is 23.6. The van der Waals surface area contributed by atoms with Crippen molar-refractivity contribution < 1.29 is 0 Å². The summed E-state index contributed by atoms with van der Waals surface area (Å²) < 4.78 is 0. The third-order valence-corrected chi connectivity index (χ3v) is 11.6. The predicted molar refractivity (Wildman–Crippen MR) is 165 cm³/mol. The number of fused-ring (bicyclic) bond motifs is 3. The van der Waals surface area contributed by atoms with Gasteiger partial charge in [-0.2, -0.15) is 0 Å². The van der Waals surface area contributed by atoms with Gasteiger partial charge in [-0.25, -0.2) is 4.98 Å². The Kier molecular flexibility index (Phi) is 8.23. The molecule has 2 aromatic heterocycles. The maximum Gasteiger partial charge on any atom is 0.0865 e. The summed E-state index contributed by atoms with van der Waals surface area (Å²) in [5.74, 6) is 0. The van der Waals surface area contributed by atoms with Crippen LogP contribution in [0.3, 0.4) is 0 Å². The van der Waals surface area contributed by atoms with Crippen molar-refractivity contribution in [3.63, 3.8) is 0 Å². The number of rotatable bonds is 11. The lowest BCUT2D eigenvalue weighted by Gasteiger charge is -2.32. The van der Waals surface area contributed by atoms with E-state index in [0.717, 1.165) is 22.5 Å². The van der Waals surface area contributed by atoms with Crippen LogP contribution in [0.2, 0.25) is 12.1 Å². The third-order valence-electron chi connectivity index (χ3n) is 8.18. The van der Waals surface area contributed by atoms with Gasteiger partial charge in [-0.1, -0.05) is 119 Å². The van der Waals surface area contributed by atoms with Crippen LogP contribution in [0.25, 0.3) is 33.8 Å². The topological polar surface area (TPSA) is 25.8 Å². The molecule has 2 aromatic carbocycles. The van der Waals surface area contributed by atoms with E-state index in [9.17, 15) is 0 Å². The molecule has 1 aliphatic rings.